The molecule has 0 fully saturated rings. The summed E-state index contributed by atoms with van der Waals surface area (Å²) in [5, 5.41) is 12.2. The summed E-state index contributed by atoms with van der Waals surface area (Å²) in [5.74, 6) is -1.10. The second kappa shape index (κ2) is 6.67. The van der Waals surface area contributed by atoms with Crippen LogP contribution in [-0.2, 0) is 25.6 Å². The summed E-state index contributed by atoms with van der Waals surface area (Å²) in [7, 11) is 0. The largest absolute Gasteiger partial charge is 0.458 e. The molecule has 0 amide bonds. The molecular formula is C23H22N2O5. The number of aliphatic hydroxyl groups is 1. The predicted molar refractivity (Wildman–Crippen MR) is 109 cm³/mol. The van der Waals surface area contributed by atoms with Gasteiger partial charge in [-0.1, -0.05) is 32.0 Å². The van der Waals surface area contributed by atoms with E-state index in [1.54, 1.807) is 13.8 Å². The first-order valence-corrected chi connectivity index (χ1v) is 10.2. The summed E-state index contributed by atoms with van der Waals surface area (Å²) in [4.78, 5) is 31.6. The maximum absolute atomic E-state index is 12.8. The van der Waals surface area contributed by atoms with Crippen molar-refractivity contribution >= 4 is 28.5 Å². The fourth-order valence-corrected chi connectivity index (χ4v) is 4.50. The minimum absolute atomic E-state index is 0.0349. The molecule has 7 heteroatoms. The van der Waals surface area contributed by atoms with Crippen molar-refractivity contribution in [2.24, 2.45) is 0 Å². The van der Waals surface area contributed by atoms with E-state index < -0.39 is 23.8 Å². The quantitative estimate of drug-likeness (QED) is 0.784. The molecule has 2 atom stereocenters. The number of carbonyl (C=O) groups is 2. The summed E-state index contributed by atoms with van der Waals surface area (Å²) in [5.41, 5.74) is 2.84. The van der Waals surface area contributed by atoms with Crippen LogP contribution >= 0.6 is 0 Å². The van der Waals surface area contributed by atoms with E-state index in [4.69, 9.17) is 14.5 Å². The highest BCUT2D eigenvalue weighted by Crippen LogP contribution is 2.46. The smallest absolute Gasteiger partial charge is 0.355 e. The molecule has 0 bridgehead atoms. The zero-order chi connectivity index (χ0) is 21.0. The molecule has 3 aliphatic rings. The standard InChI is InChI=1S/C23H22N2O5/c1-3-19(26)30-23(4-2)16-10-18-20-14(9-13-7-5-6-8-17(13)24-20)11-25(18)21(27)15(16)12-29-22(23)28/h5-10,21,27H,3-4,11-12H2,1-2H3/t21-,23-/m0/s1. The molecule has 0 saturated heterocycles. The minimum Gasteiger partial charge on any atom is -0.458 e. The monoisotopic (exact) mass is 406 g/mol. The molecule has 0 aliphatic carbocycles. The van der Waals surface area contributed by atoms with Crippen LogP contribution < -0.4 is 0 Å². The number of fused-ring (bicyclic) bond motifs is 4. The maximum atomic E-state index is 12.8. The first kappa shape index (κ1) is 18.8. The third-order valence-corrected chi connectivity index (χ3v) is 6.13. The van der Waals surface area contributed by atoms with E-state index in [9.17, 15) is 14.7 Å². The van der Waals surface area contributed by atoms with Gasteiger partial charge in [-0.2, -0.15) is 0 Å². The van der Waals surface area contributed by atoms with Crippen molar-refractivity contribution in [1.82, 2.24) is 9.88 Å². The number of pyridine rings is 1. The third kappa shape index (κ3) is 2.51. The molecule has 30 heavy (non-hydrogen) atoms. The third-order valence-electron chi connectivity index (χ3n) is 6.13. The number of carbonyl (C=O) groups excluding carboxylic acids is 2. The lowest BCUT2D eigenvalue weighted by molar-refractivity contribution is -0.180. The Labute approximate surface area is 173 Å². The SMILES string of the molecule is CCC(=O)O[C@]1(CC)C(=O)OCC2=C1C=C1c3nc4ccccc4cc3CN1[C@H]2O. The van der Waals surface area contributed by atoms with Crippen LogP contribution in [0.15, 0.2) is 47.6 Å². The topological polar surface area (TPSA) is 89.0 Å². The Morgan fingerprint density at radius 3 is 2.93 bits per heavy atom. The van der Waals surface area contributed by atoms with E-state index in [0.29, 0.717) is 17.7 Å². The van der Waals surface area contributed by atoms with E-state index in [-0.39, 0.29) is 19.4 Å². The molecule has 0 spiro atoms. The Bertz CT molecular complexity index is 1150. The molecule has 2 aromatic rings. The molecule has 3 aliphatic heterocycles. The van der Waals surface area contributed by atoms with Crippen LogP contribution in [0.25, 0.3) is 16.6 Å². The highest BCUT2D eigenvalue weighted by molar-refractivity contribution is 5.92. The Kier molecular flexibility index (Phi) is 4.18. The highest BCUT2D eigenvalue weighted by atomic mass is 16.6. The van der Waals surface area contributed by atoms with E-state index in [0.717, 1.165) is 27.9 Å². The predicted octanol–water partition coefficient (Wildman–Crippen LogP) is 2.68. The molecule has 7 nitrogen and oxygen atoms in total. The van der Waals surface area contributed by atoms with Crippen LogP contribution in [0.5, 0.6) is 0 Å². The van der Waals surface area contributed by atoms with E-state index in [2.05, 4.69) is 6.07 Å². The van der Waals surface area contributed by atoms with Crippen LogP contribution in [0.1, 0.15) is 37.9 Å². The van der Waals surface area contributed by atoms with Crippen molar-refractivity contribution in [3.63, 3.8) is 0 Å². The molecule has 4 heterocycles. The summed E-state index contributed by atoms with van der Waals surface area (Å²) in [6, 6.07) is 9.93. The maximum Gasteiger partial charge on any atom is 0.355 e. The zero-order valence-electron chi connectivity index (χ0n) is 16.8. The van der Waals surface area contributed by atoms with Gasteiger partial charge in [0, 0.05) is 29.5 Å². The Morgan fingerprint density at radius 2 is 2.17 bits per heavy atom. The number of hydrogen-bond acceptors (Lipinski definition) is 7. The number of para-hydroxylation sites is 1. The number of aliphatic hydroxyl groups excluding tert-OH is 1. The van der Waals surface area contributed by atoms with Gasteiger partial charge < -0.3 is 19.5 Å². The number of ether oxygens (including phenoxy) is 2. The van der Waals surface area contributed by atoms with Gasteiger partial charge in [-0.15, -0.1) is 0 Å². The zero-order valence-corrected chi connectivity index (χ0v) is 16.8. The first-order valence-electron chi connectivity index (χ1n) is 10.2. The van der Waals surface area contributed by atoms with Gasteiger partial charge in [0.1, 0.15) is 6.61 Å². The number of benzene rings is 1. The summed E-state index contributed by atoms with van der Waals surface area (Å²) in [6.45, 7) is 3.91. The lowest BCUT2D eigenvalue weighted by atomic mass is 9.82. The van der Waals surface area contributed by atoms with Crippen molar-refractivity contribution in [3.8, 4) is 0 Å². The molecule has 1 aromatic carbocycles. The molecule has 1 aromatic heterocycles. The van der Waals surface area contributed by atoms with Crippen molar-refractivity contribution in [3.05, 3.63) is 58.8 Å². The number of rotatable bonds is 3. The first-order chi connectivity index (χ1) is 14.5. The van der Waals surface area contributed by atoms with E-state index in [1.165, 1.54) is 0 Å². The average Bonchev–Trinajstić information content (AvgIpc) is 3.12. The molecular weight excluding hydrogens is 384 g/mol. The summed E-state index contributed by atoms with van der Waals surface area (Å²) < 4.78 is 11.0. The molecule has 5 rings (SSSR count). The highest BCUT2D eigenvalue weighted by Gasteiger charge is 2.53. The average molecular weight is 406 g/mol. The second-order valence-corrected chi connectivity index (χ2v) is 7.74. The number of hydrogen-bond donors (Lipinski definition) is 1. The summed E-state index contributed by atoms with van der Waals surface area (Å²) in [6.07, 6.45) is 1.20. The van der Waals surface area contributed by atoms with Gasteiger partial charge in [0.25, 0.3) is 0 Å². The molecule has 0 saturated carbocycles. The van der Waals surface area contributed by atoms with Gasteiger partial charge in [-0.25, -0.2) is 9.78 Å². The lowest BCUT2D eigenvalue weighted by Crippen LogP contribution is -2.52. The molecule has 1 N–H and O–H groups in total. The van der Waals surface area contributed by atoms with Crippen LogP contribution in [0.2, 0.25) is 0 Å². The van der Waals surface area contributed by atoms with Crippen molar-refractivity contribution < 1.29 is 24.2 Å². The summed E-state index contributed by atoms with van der Waals surface area (Å²) >= 11 is 0. The van der Waals surface area contributed by atoms with Crippen molar-refractivity contribution in [2.45, 2.75) is 45.1 Å². The van der Waals surface area contributed by atoms with Crippen molar-refractivity contribution in [1.29, 1.82) is 0 Å². The number of esters is 2. The van der Waals surface area contributed by atoms with Gasteiger partial charge in [-0.05, 0) is 30.2 Å². The Morgan fingerprint density at radius 1 is 1.37 bits per heavy atom. The number of cyclic esters (lactones) is 1. The van der Waals surface area contributed by atoms with Gasteiger partial charge in [0.15, 0.2) is 6.23 Å². The normalized spacial score (nSPS) is 24.8. The molecule has 0 unspecified atom stereocenters. The van der Waals surface area contributed by atoms with Crippen LogP contribution in [-0.4, -0.2) is 45.4 Å². The van der Waals surface area contributed by atoms with E-state index >= 15 is 0 Å². The number of aromatic nitrogens is 1. The van der Waals surface area contributed by atoms with Gasteiger partial charge in [-0.3, -0.25) is 4.79 Å². The van der Waals surface area contributed by atoms with Gasteiger partial charge in [0.2, 0.25) is 5.60 Å². The van der Waals surface area contributed by atoms with E-state index in [1.807, 2.05) is 35.2 Å². The van der Waals surface area contributed by atoms with Gasteiger partial charge >= 0.3 is 11.9 Å². The fraction of sp³-hybridized carbons (Fsp3) is 0.348. The van der Waals surface area contributed by atoms with Crippen LogP contribution in [0.4, 0.5) is 0 Å². The van der Waals surface area contributed by atoms with Crippen molar-refractivity contribution in [2.75, 3.05) is 6.61 Å². The molecule has 0 radical (unpaired) electrons. The Hall–Kier alpha value is -3.19. The lowest BCUT2D eigenvalue weighted by Gasteiger charge is -2.42. The minimum atomic E-state index is -1.56. The van der Waals surface area contributed by atoms with Gasteiger partial charge in [0.05, 0.1) is 16.9 Å². The fourth-order valence-electron chi connectivity index (χ4n) is 4.50. The molecule has 154 valence electrons. The second-order valence-electron chi connectivity index (χ2n) is 7.74. The number of nitrogens with zero attached hydrogens (tertiary/aromatic N) is 2. The van der Waals surface area contributed by atoms with Crippen LogP contribution in [0, 0.1) is 0 Å². The Balaban J connectivity index is 1.69. The van der Waals surface area contributed by atoms with Crippen LogP contribution in [0.3, 0.4) is 0 Å².